The second-order valence-electron chi connectivity index (χ2n) is 6.66. The van der Waals surface area contributed by atoms with Crippen molar-refractivity contribution >= 4 is 11.9 Å². The Hall–Kier alpha value is -2.18. The molecule has 0 radical (unpaired) electrons. The molecule has 2 aliphatic rings. The molecule has 0 N–H and O–H groups in total. The molecule has 1 saturated carbocycles. The first-order chi connectivity index (χ1) is 11.9. The summed E-state index contributed by atoms with van der Waals surface area (Å²) in [5.74, 6) is 0.307. The van der Waals surface area contributed by atoms with Gasteiger partial charge in [0.05, 0.1) is 6.04 Å². The number of nitrogens with zero attached hydrogens (tertiary/aromatic N) is 1. The van der Waals surface area contributed by atoms with Crippen LogP contribution >= 0.6 is 0 Å². The van der Waals surface area contributed by atoms with Crippen LogP contribution in [0.25, 0.3) is 0 Å². The molecular weight excluding hydrogens is 332 g/mol. The largest absolute Gasteiger partial charge is 0.443 e. The highest BCUT2D eigenvalue weighted by Gasteiger charge is 2.44. The summed E-state index contributed by atoms with van der Waals surface area (Å²) in [5.41, 5.74) is 0.309. The molecule has 1 heterocycles. The molecule has 1 aliphatic heterocycles. The third kappa shape index (κ3) is 3.91. The van der Waals surface area contributed by atoms with Crippen LogP contribution in [0.2, 0.25) is 0 Å². The van der Waals surface area contributed by atoms with Gasteiger partial charge in [-0.1, -0.05) is 12.1 Å². The van der Waals surface area contributed by atoms with E-state index in [0.29, 0.717) is 38.6 Å². The Labute approximate surface area is 144 Å². The molecule has 0 bridgehead atoms. The predicted octanol–water partition coefficient (Wildman–Crippen LogP) is 4.07. The Bertz CT molecular complexity index is 637. The highest BCUT2D eigenvalue weighted by molar-refractivity contribution is 5.80. The van der Waals surface area contributed by atoms with Gasteiger partial charge in [-0.3, -0.25) is 4.79 Å². The molecule has 5 nitrogen and oxygen atoms in total. The number of amides is 1. The molecule has 1 aromatic carbocycles. The van der Waals surface area contributed by atoms with Crippen molar-refractivity contribution in [3.63, 3.8) is 0 Å². The summed E-state index contributed by atoms with van der Waals surface area (Å²) in [6.07, 6.45) is 2.44. The van der Waals surface area contributed by atoms with E-state index in [9.17, 15) is 18.4 Å². The summed E-state index contributed by atoms with van der Waals surface area (Å²) >= 11 is 0. The van der Waals surface area contributed by atoms with Crippen LogP contribution in [0.15, 0.2) is 24.3 Å². The van der Waals surface area contributed by atoms with Crippen LogP contribution < -0.4 is 4.74 Å². The van der Waals surface area contributed by atoms with Gasteiger partial charge >= 0.3 is 12.7 Å². The molecule has 1 aliphatic carbocycles. The summed E-state index contributed by atoms with van der Waals surface area (Å²) < 4.78 is 34.5. The number of hydrogen-bond acceptors (Lipinski definition) is 4. The van der Waals surface area contributed by atoms with Crippen LogP contribution in [0, 0.1) is 0 Å². The average molecular weight is 353 g/mol. The molecule has 25 heavy (non-hydrogen) atoms. The van der Waals surface area contributed by atoms with Crippen LogP contribution in [-0.2, 0) is 9.53 Å². The summed E-state index contributed by atoms with van der Waals surface area (Å²) in [4.78, 5) is 25.5. The Kier molecular flexibility index (Phi) is 4.92. The van der Waals surface area contributed by atoms with E-state index >= 15 is 0 Å². The number of carbonyl (C=O) groups is 2. The standard InChI is InChI=1S/C18H21F2NO4/c1-12(13-2-4-15(5-3-13)24-16(19)20)21-11-10-18(25-17(21)23)8-6-14(22)7-9-18/h2-5,12,16H,6-11H2,1H3/t12-/m0/s1. The zero-order valence-electron chi connectivity index (χ0n) is 14.0. The van der Waals surface area contributed by atoms with E-state index in [0.717, 1.165) is 5.56 Å². The maximum Gasteiger partial charge on any atom is 0.410 e. The molecule has 1 aromatic rings. The zero-order valence-corrected chi connectivity index (χ0v) is 14.0. The molecule has 2 fully saturated rings. The van der Waals surface area contributed by atoms with E-state index in [-0.39, 0.29) is 23.7 Å². The van der Waals surface area contributed by atoms with E-state index in [2.05, 4.69) is 4.74 Å². The minimum absolute atomic E-state index is 0.0815. The number of hydrogen-bond donors (Lipinski definition) is 0. The fraction of sp³-hybridized carbons (Fsp3) is 0.556. The lowest BCUT2D eigenvalue weighted by molar-refractivity contribution is -0.129. The third-order valence-electron chi connectivity index (χ3n) is 5.12. The number of benzene rings is 1. The first-order valence-corrected chi connectivity index (χ1v) is 8.45. The molecule has 3 rings (SSSR count). The number of ether oxygens (including phenoxy) is 2. The van der Waals surface area contributed by atoms with Crippen molar-refractivity contribution in [3.8, 4) is 5.75 Å². The van der Waals surface area contributed by atoms with E-state index in [1.807, 2.05) is 6.92 Å². The van der Waals surface area contributed by atoms with Gasteiger partial charge in [0.2, 0.25) is 0 Å². The van der Waals surface area contributed by atoms with Crippen molar-refractivity contribution in [3.05, 3.63) is 29.8 Å². The number of Topliss-reactive ketones (excluding diaryl/α,β-unsaturated/α-hetero) is 1. The molecule has 1 amide bonds. The molecule has 1 saturated heterocycles. The fourth-order valence-electron chi connectivity index (χ4n) is 3.51. The second kappa shape index (κ2) is 6.98. The third-order valence-corrected chi connectivity index (χ3v) is 5.12. The van der Waals surface area contributed by atoms with Crippen molar-refractivity contribution in [2.75, 3.05) is 6.54 Å². The minimum atomic E-state index is -2.86. The van der Waals surface area contributed by atoms with Crippen molar-refractivity contribution in [1.29, 1.82) is 0 Å². The molecule has 0 aromatic heterocycles. The zero-order chi connectivity index (χ0) is 18.0. The quantitative estimate of drug-likeness (QED) is 0.819. The highest BCUT2D eigenvalue weighted by Crippen LogP contribution is 2.38. The van der Waals surface area contributed by atoms with Gasteiger partial charge in [-0.2, -0.15) is 8.78 Å². The average Bonchev–Trinajstić information content (AvgIpc) is 2.58. The van der Waals surface area contributed by atoms with Crippen molar-refractivity contribution in [1.82, 2.24) is 4.90 Å². The molecule has 0 unspecified atom stereocenters. The molecule has 1 atom stereocenters. The normalized spacial score (nSPS) is 21.4. The number of ketones is 1. The van der Waals surface area contributed by atoms with Gasteiger partial charge in [-0.25, -0.2) is 4.79 Å². The highest BCUT2D eigenvalue weighted by atomic mass is 19.3. The van der Waals surface area contributed by atoms with Crippen LogP contribution in [0.1, 0.15) is 50.6 Å². The van der Waals surface area contributed by atoms with E-state index in [1.54, 1.807) is 17.0 Å². The fourth-order valence-corrected chi connectivity index (χ4v) is 3.51. The molecule has 7 heteroatoms. The van der Waals surface area contributed by atoms with Gasteiger partial charge in [-0.15, -0.1) is 0 Å². The van der Waals surface area contributed by atoms with Gasteiger partial charge in [-0.05, 0) is 37.5 Å². The Morgan fingerprint density at radius 2 is 1.76 bits per heavy atom. The first kappa shape index (κ1) is 17.6. The van der Waals surface area contributed by atoms with E-state index < -0.39 is 12.2 Å². The Morgan fingerprint density at radius 3 is 2.32 bits per heavy atom. The van der Waals surface area contributed by atoms with E-state index in [1.165, 1.54) is 12.1 Å². The number of halogens is 2. The van der Waals surface area contributed by atoms with Gasteiger partial charge in [0.15, 0.2) is 0 Å². The summed E-state index contributed by atoms with van der Waals surface area (Å²) in [6, 6.07) is 6.01. The van der Waals surface area contributed by atoms with Crippen LogP contribution in [-0.4, -0.2) is 35.5 Å². The van der Waals surface area contributed by atoms with Gasteiger partial charge < -0.3 is 14.4 Å². The van der Waals surface area contributed by atoms with Crippen LogP contribution in [0.5, 0.6) is 5.75 Å². The van der Waals surface area contributed by atoms with Gasteiger partial charge in [0, 0.05) is 25.8 Å². The molecule has 1 spiro atoms. The Balaban J connectivity index is 1.64. The summed E-state index contributed by atoms with van der Waals surface area (Å²) in [5, 5.41) is 0. The number of carbonyl (C=O) groups excluding carboxylic acids is 2. The lowest BCUT2D eigenvalue weighted by Gasteiger charge is -2.44. The monoisotopic (exact) mass is 353 g/mol. The van der Waals surface area contributed by atoms with E-state index in [4.69, 9.17) is 4.74 Å². The van der Waals surface area contributed by atoms with Gasteiger partial charge in [0.1, 0.15) is 17.1 Å². The molecule has 136 valence electrons. The smallest absolute Gasteiger partial charge is 0.410 e. The summed E-state index contributed by atoms with van der Waals surface area (Å²) in [6.45, 7) is -0.449. The predicted molar refractivity (Wildman–Crippen MR) is 85.5 cm³/mol. The lowest BCUT2D eigenvalue weighted by atomic mass is 9.80. The SMILES string of the molecule is C[C@@H](c1ccc(OC(F)F)cc1)N1CCC2(CCC(=O)CC2)OC1=O. The van der Waals surface area contributed by atoms with Crippen LogP contribution in [0.3, 0.4) is 0 Å². The van der Waals surface area contributed by atoms with Crippen molar-refractivity contribution in [2.45, 2.75) is 57.3 Å². The lowest BCUT2D eigenvalue weighted by Crippen LogP contribution is -2.51. The van der Waals surface area contributed by atoms with Gasteiger partial charge in [0.25, 0.3) is 0 Å². The minimum Gasteiger partial charge on any atom is -0.443 e. The summed E-state index contributed by atoms with van der Waals surface area (Å²) in [7, 11) is 0. The second-order valence-corrected chi connectivity index (χ2v) is 6.66. The topological polar surface area (TPSA) is 55.8 Å². The maximum absolute atomic E-state index is 12.5. The first-order valence-electron chi connectivity index (χ1n) is 8.45. The number of alkyl halides is 2. The van der Waals surface area contributed by atoms with Crippen LogP contribution in [0.4, 0.5) is 13.6 Å². The van der Waals surface area contributed by atoms with Crippen molar-refractivity contribution in [2.24, 2.45) is 0 Å². The van der Waals surface area contributed by atoms with Crippen molar-refractivity contribution < 1.29 is 27.8 Å². The molecular formula is C18H21F2NO4. The Morgan fingerprint density at radius 1 is 1.12 bits per heavy atom. The maximum atomic E-state index is 12.5. The number of rotatable bonds is 4.